The SMILES string of the molecule is CCCCCCCCCCCCCCCOCC(=O)OC1=C(CC2CCN(Cc3ccccc3)CC2)Cc2cc(OC)c(OC)cc21.Cl. The Morgan fingerprint density at radius 3 is 1.98 bits per heavy atom. The second-order valence-electron chi connectivity index (χ2n) is 13.7. The molecule has 1 aliphatic carbocycles. The van der Waals surface area contributed by atoms with Crippen molar-refractivity contribution in [2.24, 2.45) is 5.92 Å². The molecule has 2 aromatic carbocycles. The molecule has 0 unspecified atom stereocenters. The summed E-state index contributed by atoms with van der Waals surface area (Å²) in [6, 6.07) is 14.7. The second kappa shape index (κ2) is 23.0. The number of ether oxygens (including phenoxy) is 4. The summed E-state index contributed by atoms with van der Waals surface area (Å²) in [7, 11) is 3.30. The molecule has 1 heterocycles. The van der Waals surface area contributed by atoms with Crippen LogP contribution in [0, 0.1) is 5.92 Å². The zero-order chi connectivity index (χ0) is 33.1. The van der Waals surface area contributed by atoms with Gasteiger partial charge in [0.1, 0.15) is 12.4 Å². The number of piperidine rings is 1. The van der Waals surface area contributed by atoms with Crippen LogP contribution < -0.4 is 9.47 Å². The maximum absolute atomic E-state index is 13.0. The Morgan fingerprint density at radius 1 is 0.792 bits per heavy atom. The van der Waals surface area contributed by atoms with Gasteiger partial charge in [0.05, 0.1) is 14.2 Å². The van der Waals surface area contributed by atoms with Crippen molar-refractivity contribution >= 4 is 24.1 Å². The van der Waals surface area contributed by atoms with Crippen LogP contribution in [0.5, 0.6) is 11.5 Å². The number of hydrogen-bond donors (Lipinski definition) is 0. The van der Waals surface area contributed by atoms with Crippen molar-refractivity contribution in [2.75, 3.05) is 40.5 Å². The normalized spacial score (nSPS) is 14.9. The first kappa shape index (κ1) is 39.9. The molecule has 2 aromatic rings. The molecule has 48 heavy (non-hydrogen) atoms. The quantitative estimate of drug-likeness (QED) is 0.0858. The highest BCUT2D eigenvalue weighted by atomic mass is 35.5. The van der Waals surface area contributed by atoms with E-state index in [4.69, 9.17) is 18.9 Å². The van der Waals surface area contributed by atoms with Crippen LogP contribution in [0.25, 0.3) is 5.76 Å². The van der Waals surface area contributed by atoms with Crippen LogP contribution in [0.1, 0.15) is 126 Å². The largest absolute Gasteiger partial charge is 0.493 e. The number of halogens is 1. The van der Waals surface area contributed by atoms with E-state index < -0.39 is 0 Å². The number of rotatable bonds is 23. The topological polar surface area (TPSA) is 57.2 Å². The van der Waals surface area contributed by atoms with Gasteiger partial charge < -0.3 is 18.9 Å². The number of carbonyl (C=O) groups is 1. The lowest BCUT2D eigenvalue weighted by atomic mass is 9.89. The molecule has 2 aliphatic rings. The number of likely N-dealkylation sites (tertiary alicyclic amines) is 1. The molecular weight excluding hydrogens is 622 g/mol. The average Bonchev–Trinajstić information content (AvgIpc) is 3.41. The summed E-state index contributed by atoms with van der Waals surface area (Å²) in [5.41, 5.74) is 4.62. The van der Waals surface area contributed by atoms with E-state index in [0.717, 1.165) is 69.3 Å². The van der Waals surface area contributed by atoms with Gasteiger partial charge in [-0.15, -0.1) is 12.4 Å². The van der Waals surface area contributed by atoms with Crippen LogP contribution in [-0.2, 0) is 27.2 Å². The molecule has 0 bridgehead atoms. The molecule has 7 heteroatoms. The maximum atomic E-state index is 13.0. The molecule has 6 nitrogen and oxygen atoms in total. The van der Waals surface area contributed by atoms with E-state index in [1.165, 1.54) is 81.8 Å². The van der Waals surface area contributed by atoms with Crippen molar-refractivity contribution in [3.63, 3.8) is 0 Å². The van der Waals surface area contributed by atoms with Crippen LogP contribution in [-0.4, -0.2) is 51.4 Å². The number of allylic oxidation sites excluding steroid dienone is 1. The summed E-state index contributed by atoms with van der Waals surface area (Å²) in [6.45, 7) is 6.03. The highest BCUT2D eigenvalue weighted by molar-refractivity contribution is 5.85. The number of nitrogens with zero attached hydrogens (tertiary/aromatic N) is 1. The minimum absolute atomic E-state index is 0. The zero-order valence-electron chi connectivity index (χ0n) is 30.1. The molecule has 0 saturated carbocycles. The molecule has 4 rings (SSSR count). The van der Waals surface area contributed by atoms with Crippen LogP contribution in [0.15, 0.2) is 48.0 Å². The van der Waals surface area contributed by atoms with Gasteiger partial charge in [0, 0.05) is 18.7 Å². The Labute approximate surface area is 297 Å². The Kier molecular flexibility index (Phi) is 19.1. The predicted octanol–water partition coefficient (Wildman–Crippen LogP) is 10.3. The minimum Gasteiger partial charge on any atom is -0.493 e. The van der Waals surface area contributed by atoms with Crippen LogP contribution >= 0.6 is 12.4 Å². The summed E-state index contributed by atoms with van der Waals surface area (Å²) >= 11 is 0. The first-order chi connectivity index (χ1) is 23.1. The number of benzene rings is 2. The predicted molar refractivity (Wildman–Crippen MR) is 199 cm³/mol. The first-order valence-corrected chi connectivity index (χ1v) is 18.6. The molecule has 1 saturated heterocycles. The van der Waals surface area contributed by atoms with Gasteiger partial charge in [-0.1, -0.05) is 114 Å². The second-order valence-corrected chi connectivity index (χ2v) is 13.7. The minimum atomic E-state index is -0.326. The fourth-order valence-electron chi connectivity index (χ4n) is 7.13. The lowest BCUT2D eigenvalue weighted by molar-refractivity contribution is -0.141. The van der Waals surface area contributed by atoms with Crippen molar-refractivity contribution in [3.8, 4) is 11.5 Å². The number of fused-ring (bicyclic) bond motifs is 1. The monoisotopic (exact) mass is 683 g/mol. The third-order valence-electron chi connectivity index (χ3n) is 9.90. The summed E-state index contributed by atoms with van der Waals surface area (Å²) in [5, 5.41) is 0. The summed E-state index contributed by atoms with van der Waals surface area (Å²) in [6.07, 6.45) is 21.1. The third kappa shape index (κ3) is 13.4. The van der Waals surface area contributed by atoms with Crippen molar-refractivity contribution < 1.29 is 23.7 Å². The standard InChI is InChI=1S/C41H61NO5.ClH/c1-4-5-6-7-8-9-10-11-12-13-14-15-19-26-46-32-40(43)47-41-36(28-35-29-38(44-2)39(45-3)30-37(35)41)27-33-22-24-42(25-23-33)31-34-20-17-16-18-21-34;/h16-18,20-21,29-30,33H,4-15,19,22-28,31-32H2,1-3H3;1H. The number of esters is 1. The highest BCUT2D eigenvalue weighted by Crippen LogP contribution is 2.43. The smallest absolute Gasteiger partial charge is 0.337 e. The number of methoxy groups -OCH3 is 2. The fraction of sp³-hybridized carbons (Fsp3) is 0.634. The Morgan fingerprint density at radius 2 is 1.38 bits per heavy atom. The molecule has 0 spiro atoms. The average molecular weight is 684 g/mol. The third-order valence-corrected chi connectivity index (χ3v) is 9.90. The molecule has 1 fully saturated rings. The van der Waals surface area contributed by atoms with E-state index in [1.807, 2.05) is 12.1 Å². The maximum Gasteiger partial charge on any atom is 0.337 e. The lowest BCUT2D eigenvalue weighted by Crippen LogP contribution is -2.33. The van der Waals surface area contributed by atoms with E-state index in [9.17, 15) is 4.79 Å². The van der Waals surface area contributed by atoms with Gasteiger partial charge in [-0.25, -0.2) is 4.79 Å². The van der Waals surface area contributed by atoms with E-state index in [0.29, 0.717) is 29.8 Å². The number of unbranched alkanes of at least 4 members (excludes halogenated alkanes) is 12. The Balaban J connectivity index is 0.00000625. The summed E-state index contributed by atoms with van der Waals surface area (Å²) < 4.78 is 23.1. The molecular formula is C41H62ClNO5. The van der Waals surface area contributed by atoms with Crippen molar-refractivity contribution in [1.82, 2.24) is 4.90 Å². The molecule has 1 aliphatic heterocycles. The van der Waals surface area contributed by atoms with Crippen molar-refractivity contribution in [2.45, 2.75) is 123 Å². The van der Waals surface area contributed by atoms with Gasteiger partial charge in [-0.3, -0.25) is 4.90 Å². The van der Waals surface area contributed by atoms with Gasteiger partial charge in [0.25, 0.3) is 0 Å². The van der Waals surface area contributed by atoms with E-state index >= 15 is 0 Å². The molecule has 268 valence electrons. The lowest BCUT2D eigenvalue weighted by Gasteiger charge is -2.32. The highest BCUT2D eigenvalue weighted by Gasteiger charge is 2.30. The van der Waals surface area contributed by atoms with E-state index in [-0.39, 0.29) is 25.0 Å². The van der Waals surface area contributed by atoms with Crippen LogP contribution in [0.2, 0.25) is 0 Å². The van der Waals surface area contributed by atoms with Crippen molar-refractivity contribution in [3.05, 3.63) is 64.7 Å². The van der Waals surface area contributed by atoms with Gasteiger partial charge in [0.15, 0.2) is 11.5 Å². The molecule has 0 N–H and O–H groups in total. The van der Waals surface area contributed by atoms with Crippen molar-refractivity contribution in [1.29, 1.82) is 0 Å². The van der Waals surface area contributed by atoms with Gasteiger partial charge in [-0.2, -0.15) is 0 Å². The molecule has 0 atom stereocenters. The van der Waals surface area contributed by atoms with Crippen LogP contribution in [0.4, 0.5) is 0 Å². The van der Waals surface area contributed by atoms with Gasteiger partial charge >= 0.3 is 5.97 Å². The Hall–Kier alpha value is -2.54. The fourth-order valence-corrected chi connectivity index (χ4v) is 7.13. The van der Waals surface area contributed by atoms with E-state index in [2.05, 4.69) is 42.2 Å². The molecule has 0 aromatic heterocycles. The summed E-state index contributed by atoms with van der Waals surface area (Å²) in [5.74, 6) is 2.29. The first-order valence-electron chi connectivity index (χ1n) is 18.6. The van der Waals surface area contributed by atoms with Gasteiger partial charge in [-0.05, 0) is 79.9 Å². The number of hydrogen-bond acceptors (Lipinski definition) is 6. The Bertz CT molecular complexity index is 1220. The zero-order valence-corrected chi connectivity index (χ0v) is 30.9. The molecule has 0 amide bonds. The van der Waals surface area contributed by atoms with Crippen LogP contribution in [0.3, 0.4) is 0 Å². The number of carbonyl (C=O) groups excluding carboxylic acids is 1. The summed E-state index contributed by atoms with van der Waals surface area (Å²) in [4.78, 5) is 15.6. The van der Waals surface area contributed by atoms with E-state index in [1.54, 1.807) is 14.2 Å². The van der Waals surface area contributed by atoms with Gasteiger partial charge in [0.2, 0.25) is 0 Å². The molecule has 0 radical (unpaired) electrons.